The van der Waals surface area contributed by atoms with Crippen LogP contribution in [0.25, 0.3) is 0 Å². The van der Waals surface area contributed by atoms with Crippen molar-refractivity contribution in [1.29, 1.82) is 0 Å². The summed E-state index contributed by atoms with van der Waals surface area (Å²) >= 11 is 0. The number of hydrogen-bond acceptors (Lipinski definition) is 0. The summed E-state index contributed by atoms with van der Waals surface area (Å²) in [5.41, 5.74) is 0.516. The van der Waals surface area contributed by atoms with Gasteiger partial charge in [-0.05, 0) is 30.1 Å². The summed E-state index contributed by atoms with van der Waals surface area (Å²) in [6.45, 7) is 14.1. The first-order valence-electron chi connectivity index (χ1n) is 6.39. The molecule has 0 heteroatoms. The van der Waals surface area contributed by atoms with E-state index in [2.05, 4.69) is 41.5 Å². The molecule has 0 spiro atoms. The first-order valence-corrected chi connectivity index (χ1v) is 6.39. The van der Waals surface area contributed by atoms with E-state index >= 15 is 0 Å². The van der Waals surface area contributed by atoms with Crippen molar-refractivity contribution in [2.24, 2.45) is 17.3 Å². The lowest BCUT2D eigenvalue weighted by Gasteiger charge is -2.23. The van der Waals surface area contributed by atoms with Crippen molar-refractivity contribution in [2.45, 2.75) is 73.6 Å². The van der Waals surface area contributed by atoms with E-state index in [-0.39, 0.29) is 0 Å². The molecule has 0 aliphatic rings. The smallest absolute Gasteiger partial charge is 0.0383 e. The van der Waals surface area contributed by atoms with Gasteiger partial charge in [0.15, 0.2) is 0 Å². The van der Waals surface area contributed by atoms with Crippen LogP contribution in [0.3, 0.4) is 0 Å². The number of hydrogen-bond donors (Lipinski definition) is 0. The standard InChI is InChI=1S/C14H30/c1-7-13(8-2)11-12(3)9-10-14(4,5)6/h12-13H,7-11H2,1-6H3. The third kappa shape index (κ3) is 7.41. The Labute approximate surface area is 91.5 Å². The predicted octanol–water partition coefficient (Wildman–Crippen LogP) is 5.28. The Morgan fingerprint density at radius 1 is 1.00 bits per heavy atom. The van der Waals surface area contributed by atoms with Crippen LogP contribution in [-0.2, 0) is 0 Å². The summed E-state index contributed by atoms with van der Waals surface area (Å²) in [5, 5.41) is 0. The van der Waals surface area contributed by atoms with Crippen molar-refractivity contribution < 1.29 is 0 Å². The van der Waals surface area contributed by atoms with Gasteiger partial charge in [0.2, 0.25) is 0 Å². The van der Waals surface area contributed by atoms with E-state index < -0.39 is 0 Å². The molecule has 0 aliphatic carbocycles. The summed E-state index contributed by atoms with van der Waals surface area (Å²) in [7, 11) is 0. The van der Waals surface area contributed by atoms with Gasteiger partial charge in [0, 0.05) is 0 Å². The molecule has 0 aromatic rings. The van der Waals surface area contributed by atoms with Crippen molar-refractivity contribution in [2.75, 3.05) is 0 Å². The fourth-order valence-corrected chi connectivity index (χ4v) is 1.99. The Bertz CT molecular complexity index is 125. The molecular weight excluding hydrogens is 168 g/mol. The highest BCUT2D eigenvalue weighted by atomic mass is 14.2. The van der Waals surface area contributed by atoms with Gasteiger partial charge in [0.1, 0.15) is 0 Å². The zero-order valence-electron chi connectivity index (χ0n) is 11.2. The molecule has 0 radical (unpaired) electrons. The van der Waals surface area contributed by atoms with Crippen LogP contribution >= 0.6 is 0 Å². The molecule has 86 valence electrons. The lowest BCUT2D eigenvalue weighted by atomic mass is 9.83. The van der Waals surface area contributed by atoms with Crippen LogP contribution in [0.2, 0.25) is 0 Å². The van der Waals surface area contributed by atoms with Crippen LogP contribution in [0.15, 0.2) is 0 Å². The second-order valence-electron chi connectivity index (χ2n) is 6.12. The monoisotopic (exact) mass is 198 g/mol. The minimum Gasteiger partial charge on any atom is -0.0651 e. The second kappa shape index (κ2) is 6.48. The van der Waals surface area contributed by atoms with Gasteiger partial charge in [-0.1, -0.05) is 60.8 Å². The minimum absolute atomic E-state index is 0.516. The first-order chi connectivity index (χ1) is 6.39. The van der Waals surface area contributed by atoms with Gasteiger partial charge in [-0.2, -0.15) is 0 Å². The van der Waals surface area contributed by atoms with E-state index in [4.69, 9.17) is 0 Å². The van der Waals surface area contributed by atoms with Crippen LogP contribution in [0, 0.1) is 17.3 Å². The van der Waals surface area contributed by atoms with Crippen LogP contribution in [0.4, 0.5) is 0 Å². The molecule has 0 amide bonds. The van der Waals surface area contributed by atoms with Crippen LogP contribution < -0.4 is 0 Å². The fraction of sp³-hybridized carbons (Fsp3) is 1.00. The van der Waals surface area contributed by atoms with Gasteiger partial charge in [-0.15, -0.1) is 0 Å². The molecule has 0 heterocycles. The second-order valence-corrected chi connectivity index (χ2v) is 6.12. The molecule has 0 saturated carbocycles. The average molecular weight is 198 g/mol. The Balaban J connectivity index is 3.69. The summed E-state index contributed by atoms with van der Waals surface area (Å²) in [5.74, 6) is 1.88. The molecular formula is C14H30. The van der Waals surface area contributed by atoms with Gasteiger partial charge in [-0.3, -0.25) is 0 Å². The van der Waals surface area contributed by atoms with Crippen molar-refractivity contribution in [3.8, 4) is 0 Å². The van der Waals surface area contributed by atoms with Crippen molar-refractivity contribution in [1.82, 2.24) is 0 Å². The third-order valence-corrected chi connectivity index (χ3v) is 3.28. The highest BCUT2D eigenvalue weighted by molar-refractivity contribution is 4.66. The van der Waals surface area contributed by atoms with Crippen molar-refractivity contribution in [3.63, 3.8) is 0 Å². The highest BCUT2D eigenvalue weighted by Crippen LogP contribution is 2.27. The van der Waals surface area contributed by atoms with E-state index in [0.29, 0.717) is 5.41 Å². The lowest BCUT2D eigenvalue weighted by Crippen LogP contribution is -2.10. The maximum absolute atomic E-state index is 2.42. The first kappa shape index (κ1) is 14.0. The molecule has 14 heavy (non-hydrogen) atoms. The normalized spacial score (nSPS) is 14.8. The fourth-order valence-electron chi connectivity index (χ4n) is 1.99. The maximum Gasteiger partial charge on any atom is -0.0383 e. The Morgan fingerprint density at radius 2 is 1.50 bits per heavy atom. The van der Waals surface area contributed by atoms with Gasteiger partial charge in [0.25, 0.3) is 0 Å². The quantitative estimate of drug-likeness (QED) is 0.545. The Hall–Kier alpha value is 0. The number of rotatable bonds is 6. The van der Waals surface area contributed by atoms with Gasteiger partial charge < -0.3 is 0 Å². The van der Waals surface area contributed by atoms with E-state index in [9.17, 15) is 0 Å². The molecule has 0 aromatic heterocycles. The lowest BCUT2D eigenvalue weighted by molar-refractivity contribution is 0.292. The molecule has 0 saturated heterocycles. The van der Waals surface area contributed by atoms with E-state index in [1.165, 1.54) is 32.1 Å². The molecule has 0 fully saturated rings. The van der Waals surface area contributed by atoms with Crippen molar-refractivity contribution in [3.05, 3.63) is 0 Å². The molecule has 0 nitrogen and oxygen atoms in total. The average Bonchev–Trinajstić information content (AvgIpc) is 2.09. The van der Waals surface area contributed by atoms with Gasteiger partial charge >= 0.3 is 0 Å². The zero-order valence-corrected chi connectivity index (χ0v) is 11.2. The highest BCUT2D eigenvalue weighted by Gasteiger charge is 2.14. The minimum atomic E-state index is 0.516. The van der Waals surface area contributed by atoms with E-state index in [1.54, 1.807) is 0 Å². The van der Waals surface area contributed by atoms with Crippen molar-refractivity contribution >= 4 is 0 Å². The van der Waals surface area contributed by atoms with E-state index in [0.717, 1.165) is 11.8 Å². The molecule has 1 unspecified atom stereocenters. The third-order valence-electron chi connectivity index (χ3n) is 3.28. The maximum atomic E-state index is 2.42. The SMILES string of the molecule is CCC(CC)CC(C)CCC(C)(C)C. The Kier molecular flexibility index (Phi) is 6.48. The van der Waals surface area contributed by atoms with Gasteiger partial charge in [0.05, 0.1) is 0 Å². The molecule has 0 aromatic carbocycles. The summed E-state index contributed by atoms with van der Waals surface area (Å²) in [6, 6.07) is 0. The summed E-state index contributed by atoms with van der Waals surface area (Å²) < 4.78 is 0. The summed E-state index contributed by atoms with van der Waals surface area (Å²) in [4.78, 5) is 0. The largest absolute Gasteiger partial charge is 0.0651 e. The predicted molar refractivity (Wildman–Crippen MR) is 66.5 cm³/mol. The van der Waals surface area contributed by atoms with Crippen LogP contribution in [0.5, 0.6) is 0 Å². The van der Waals surface area contributed by atoms with Gasteiger partial charge in [-0.25, -0.2) is 0 Å². The zero-order chi connectivity index (χ0) is 11.2. The Morgan fingerprint density at radius 3 is 1.86 bits per heavy atom. The topological polar surface area (TPSA) is 0 Å². The van der Waals surface area contributed by atoms with E-state index in [1.807, 2.05) is 0 Å². The molecule has 0 rings (SSSR count). The molecule has 0 N–H and O–H groups in total. The molecule has 0 aliphatic heterocycles. The molecule has 0 bridgehead atoms. The summed E-state index contributed by atoms with van der Waals surface area (Å²) in [6.07, 6.45) is 6.92. The molecule has 1 atom stereocenters. The van der Waals surface area contributed by atoms with Crippen LogP contribution in [0.1, 0.15) is 73.6 Å². The van der Waals surface area contributed by atoms with Crippen LogP contribution in [-0.4, -0.2) is 0 Å².